The summed E-state index contributed by atoms with van der Waals surface area (Å²) < 4.78 is 0. The smallest absolute Gasteiger partial charge is 0.336 e. The number of carbonyl (C=O) groups is 1. The van der Waals surface area contributed by atoms with Gasteiger partial charge < -0.3 is 10.2 Å². The van der Waals surface area contributed by atoms with Crippen LogP contribution < -0.4 is 0 Å². The van der Waals surface area contributed by atoms with Crippen LogP contribution in [0.3, 0.4) is 0 Å². The van der Waals surface area contributed by atoms with Crippen molar-refractivity contribution in [3.05, 3.63) is 35.4 Å². The second kappa shape index (κ2) is 7.35. The molecule has 0 heterocycles. The van der Waals surface area contributed by atoms with Crippen LogP contribution in [0.25, 0.3) is 0 Å². The first kappa shape index (κ1) is 12.9. The fourth-order valence-corrected chi connectivity index (χ4v) is 1.08. The van der Waals surface area contributed by atoms with Crippen LogP contribution in [0.4, 0.5) is 0 Å². The van der Waals surface area contributed by atoms with E-state index in [9.17, 15) is 4.79 Å². The zero-order chi connectivity index (χ0) is 11.0. The van der Waals surface area contributed by atoms with Crippen LogP contribution >= 0.6 is 11.6 Å². The van der Waals surface area contributed by atoms with Crippen LogP contribution in [0.5, 0.6) is 0 Å². The molecule has 78 valence electrons. The number of aliphatic hydroxyl groups is 1. The van der Waals surface area contributed by atoms with Gasteiger partial charge in [0.25, 0.3) is 0 Å². The lowest BCUT2D eigenvalue weighted by Crippen LogP contribution is -1.99. The van der Waals surface area contributed by atoms with Crippen molar-refractivity contribution in [1.29, 1.82) is 0 Å². The second-order valence-electron chi connectivity index (χ2n) is 2.41. The molecule has 2 N–H and O–H groups in total. The van der Waals surface area contributed by atoms with Gasteiger partial charge in [-0.15, -0.1) is 11.6 Å². The van der Waals surface area contributed by atoms with E-state index in [-0.39, 0.29) is 18.1 Å². The molecule has 0 bridgehead atoms. The minimum atomic E-state index is -0.929. The van der Waals surface area contributed by atoms with Crippen molar-refractivity contribution in [3.63, 3.8) is 0 Å². The van der Waals surface area contributed by atoms with Gasteiger partial charge in [0.15, 0.2) is 0 Å². The van der Waals surface area contributed by atoms with Crippen molar-refractivity contribution in [2.45, 2.75) is 12.8 Å². The van der Waals surface area contributed by atoms with E-state index in [2.05, 4.69) is 0 Å². The van der Waals surface area contributed by atoms with Gasteiger partial charge in [-0.05, 0) is 18.6 Å². The molecule has 0 unspecified atom stereocenters. The Balaban J connectivity index is 0.000000500. The first-order valence-electron chi connectivity index (χ1n) is 4.15. The van der Waals surface area contributed by atoms with Gasteiger partial charge in [-0.3, -0.25) is 0 Å². The number of benzene rings is 1. The van der Waals surface area contributed by atoms with Crippen molar-refractivity contribution in [2.24, 2.45) is 0 Å². The SMILES string of the molecule is CCO.O=C(O)c1ccccc1CCl. The molecule has 0 amide bonds. The van der Waals surface area contributed by atoms with E-state index in [1.807, 2.05) is 0 Å². The van der Waals surface area contributed by atoms with Gasteiger partial charge >= 0.3 is 5.97 Å². The molecule has 0 saturated carbocycles. The largest absolute Gasteiger partial charge is 0.478 e. The van der Waals surface area contributed by atoms with Crippen molar-refractivity contribution in [1.82, 2.24) is 0 Å². The number of halogens is 1. The number of hydrogen-bond donors (Lipinski definition) is 2. The Morgan fingerprint density at radius 3 is 2.29 bits per heavy atom. The maximum atomic E-state index is 10.5. The summed E-state index contributed by atoms with van der Waals surface area (Å²) in [6.45, 7) is 1.93. The van der Waals surface area contributed by atoms with Crippen LogP contribution in [-0.2, 0) is 5.88 Å². The number of aromatic carboxylic acids is 1. The lowest BCUT2D eigenvalue weighted by molar-refractivity contribution is 0.0696. The summed E-state index contributed by atoms with van der Waals surface area (Å²) in [5.74, 6) is -0.691. The topological polar surface area (TPSA) is 57.5 Å². The zero-order valence-corrected chi connectivity index (χ0v) is 8.66. The number of alkyl halides is 1. The van der Waals surface area contributed by atoms with Crippen molar-refractivity contribution >= 4 is 17.6 Å². The van der Waals surface area contributed by atoms with Crippen LogP contribution in [-0.4, -0.2) is 22.8 Å². The average Bonchev–Trinajstić information content (AvgIpc) is 2.19. The highest BCUT2D eigenvalue weighted by atomic mass is 35.5. The molecule has 1 aromatic carbocycles. The van der Waals surface area contributed by atoms with Crippen LogP contribution in [0.2, 0.25) is 0 Å². The van der Waals surface area contributed by atoms with Crippen molar-refractivity contribution in [3.8, 4) is 0 Å². The van der Waals surface area contributed by atoms with E-state index < -0.39 is 5.97 Å². The van der Waals surface area contributed by atoms with E-state index in [4.69, 9.17) is 21.8 Å². The van der Waals surface area contributed by atoms with E-state index in [1.165, 1.54) is 0 Å². The van der Waals surface area contributed by atoms with Gasteiger partial charge in [-0.2, -0.15) is 0 Å². The molecular formula is C10H13ClO3. The second-order valence-corrected chi connectivity index (χ2v) is 2.68. The quantitative estimate of drug-likeness (QED) is 0.745. The van der Waals surface area contributed by atoms with Gasteiger partial charge in [0, 0.05) is 12.5 Å². The van der Waals surface area contributed by atoms with Crippen LogP contribution in [0, 0.1) is 0 Å². The van der Waals surface area contributed by atoms with Gasteiger partial charge in [-0.25, -0.2) is 4.79 Å². The summed E-state index contributed by atoms with van der Waals surface area (Å²) >= 11 is 5.51. The maximum absolute atomic E-state index is 10.5. The summed E-state index contributed by atoms with van der Waals surface area (Å²) in [4.78, 5) is 10.5. The van der Waals surface area contributed by atoms with Gasteiger partial charge in [0.2, 0.25) is 0 Å². The number of rotatable bonds is 2. The normalized spacial score (nSPS) is 8.79. The zero-order valence-electron chi connectivity index (χ0n) is 7.90. The third-order valence-corrected chi connectivity index (χ3v) is 1.68. The van der Waals surface area contributed by atoms with Gasteiger partial charge in [-0.1, -0.05) is 18.2 Å². The molecule has 0 radical (unpaired) electrons. The number of carboxylic acids is 1. The van der Waals surface area contributed by atoms with Gasteiger partial charge in [0.05, 0.1) is 5.56 Å². The Morgan fingerprint density at radius 2 is 1.93 bits per heavy atom. The van der Waals surface area contributed by atoms with E-state index >= 15 is 0 Å². The molecule has 0 saturated heterocycles. The first-order valence-corrected chi connectivity index (χ1v) is 4.68. The Kier molecular flexibility index (Phi) is 6.80. The minimum Gasteiger partial charge on any atom is -0.478 e. The van der Waals surface area contributed by atoms with Crippen LogP contribution in [0.1, 0.15) is 22.8 Å². The molecule has 3 nitrogen and oxygen atoms in total. The third-order valence-electron chi connectivity index (χ3n) is 1.39. The predicted octanol–water partition coefficient (Wildman–Crippen LogP) is 2.12. The molecule has 0 aliphatic heterocycles. The standard InChI is InChI=1S/C8H7ClO2.C2H6O/c9-5-6-3-1-2-4-7(6)8(10)11;1-2-3/h1-4H,5H2,(H,10,11);3H,2H2,1H3. The fraction of sp³-hybridized carbons (Fsp3) is 0.300. The Hall–Kier alpha value is -1.06. The summed E-state index contributed by atoms with van der Waals surface area (Å²) in [5, 5.41) is 16.2. The Labute approximate surface area is 88.0 Å². The van der Waals surface area contributed by atoms with Gasteiger partial charge in [0.1, 0.15) is 0 Å². The summed E-state index contributed by atoms with van der Waals surface area (Å²) in [5.41, 5.74) is 0.934. The van der Waals surface area contributed by atoms with Crippen molar-refractivity contribution in [2.75, 3.05) is 6.61 Å². The summed E-state index contributed by atoms with van der Waals surface area (Å²) in [7, 11) is 0. The first-order chi connectivity index (χ1) is 6.67. The predicted molar refractivity (Wildman–Crippen MR) is 55.7 cm³/mol. The van der Waals surface area contributed by atoms with Crippen molar-refractivity contribution < 1.29 is 15.0 Å². The summed E-state index contributed by atoms with van der Waals surface area (Å²) in [6.07, 6.45) is 0. The highest BCUT2D eigenvalue weighted by Gasteiger charge is 2.06. The lowest BCUT2D eigenvalue weighted by Gasteiger charge is -1.99. The van der Waals surface area contributed by atoms with Crippen LogP contribution in [0.15, 0.2) is 24.3 Å². The third kappa shape index (κ3) is 4.25. The fourth-order valence-electron chi connectivity index (χ4n) is 0.845. The highest BCUT2D eigenvalue weighted by molar-refractivity contribution is 6.17. The number of carboxylic acid groups (broad SMARTS) is 1. The maximum Gasteiger partial charge on any atom is 0.336 e. The molecule has 0 aliphatic carbocycles. The molecule has 0 spiro atoms. The molecule has 0 atom stereocenters. The Morgan fingerprint density at radius 1 is 1.43 bits per heavy atom. The monoisotopic (exact) mass is 216 g/mol. The molecule has 0 aromatic heterocycles. The van der Waals surface area contributed by atoms with E-state index in [1.54, 1.807) is 31.2 Å². The Bertz CT molecular complexity index is 286. The number of aliphatic hydroxyl groups excluding tert-OH is 1. The lowest BCUT2D eigenvalue weighted by atomic mass is 10.1. The summed E-state index contributed by atoms with van der Waals surface area (Å²) in [6, 6.07) is 6.69. The molecular weight excluding hydrogens is 204 g/mol. The average molecular weight is 217 g/mol. The van der Waals surface area contributed by atoms with E-state index in [0.29, 0.717) is 5.56 Å². The molecule has 0 fully saturated rings. The molecule has 14 heavy (non-hydrogen) atoms. The minimum absolute atomic E-state index is 0.239. The molecule has 1 rings (SSSR count). The number of hydrogen-bond acceptors (Lipinski definition) is 2. The molecule has 0 aliphatic rings. The molecule has 1 aromatic rings. The highest BCUT2D eigenvalue weighted by Crippen LogP contribution is 2.10. The molecule has 4 heteroatoms. The van der Waals surface area contributed by atoms with E-state index in [0.717, 1.165) is 0 Å².